The zero-order valence-corrected chi connectivity index (χ0v) is 19.4. The first-order valence-corrected chi connectivity index (χ1v) is 11.8. The maximum Gasteiger partial charge on any atom is 0.170 e. The second kappa shape index (κ2) is 9.36. The van der Waals surface area contributed by atoms with Crippen molar-refractivity contribution in [2.45, 2.75) is 28.6 Å². The van der Waals surface area contributed by atoms with E-state index >= 15 is 0 Å². The fourth-order valence-electron chi connectivity index (χ4n) is 3.83. The van der Waals surface area contributed by atoms with E-state index in [2.05, 4.69) is 27.3 Å². The summed E-state index contributed by atoms with van der Waals surface area (Å²) in [6.45, 7) is 0.682. The van der Waals surface area contributed by atoms with Crippen molar-refractivity contribution >= 4 is 40.7 Å². The molecule has 2 atom stereocenters. The minimum absolute atomic E-state index is 0.105. The van der Waals surface area contributed by atoms with Gasteiger partial charge in [-0.15, -0.1) is 0 Å². The molecular weight excluding hydrogens is 458 g/mol. The third-order valence-corrected chi connectivity index (χ3v) is 6.85. The molecule has 0 saturated carbocycles. The van der Waals surface area contributed by atoms with Gasteiger partial charge in [-0.05, 0) is 66.3 Å². The van der Waals surface area contributed by atoms with Crippen LogP contribution in [0.4, 0.5) is 0 Å². The lowest BCUT2D eigenvalue weighted by Gasteiger charge is -2.26. The molecule has 1 N–H and O–H groups in total. The first-order chi connectivity index (χ1) is 15.7. The Balaban J connectivity index is 1.47. The van der Waals surface area contributed by atoms with Gasteiger partial charge in [0.05, 0.1) is 11.7 Å². The molecule has 1 aliphatic rings. The second-order valence-corrected chi connectivity index (χ2v) is 9.35. The highest BCUT2D eigenvalue weighted by Gasteiger charge is 2.41. The van der Waals surface area contributed by atoms with Crippen LogP contribution in [0, 0.1) is 0 Å². The smallest absolute Gasteiger partial charge is 0.170 e. The molecule has 32 heavy (non-hydrogen) atoms. The number of rotatable bonds is 6. The number of nitrogens with one attached hydrogen (secondary N) is 1. The Labute approximate surface area is 201 Å². The number of pyridine rings is 1. The van der Waals surface area contributed by atoms with Crippen LogP contribution in [0.5, 0.6) is 0 Å². The molecule has 0 spiro atoms. The van der Waals surface area contributed by atoms with E-state index in [9.17, 15) is 0 Å². The molecule has 7 heteroatoms. The van der Waals surface area contributed by atoms with Gasteiger partial charge in [0, 0.05) is 22.7 Å². The highest BCUT2D eigenvalue weighted by atomic mass is 35.5. The van der Waals surface area contributed by atoms with Crippen LogP contribution >= 0.6 is 35.6 Å². The molecule has 1 aliphatic heterocycles. The van der Waals surface area contributed by atoms with Crippen molar-refractivity contribution in [3.05, 3.63) is 113 Å². The van der Waals surface area contributed by atoms with Crippen molar-refractivity contribution in [3.8, 4) is 0 Å². The fraction of sp³-hybridized carbons (Fsp3) is 0.120. The number of nitrogens with zero attached hydrogens (tertiary/aromatic N) is 2. The van der Waals surface area contributed by atoms with Crippen molar-refractivity contribution in [1.82, 2.24) is 15.2 Å². The van der Waals surface area contributed by atoms with Crippen LogP contribution in [-0.2, 0) is 6.54 Å². The topological polar surface area (TPSA) is 41.3 Å². The quantitative estimate of drug-likeness (QED) is 0.313. The SMILES string of the molecule is S=C1NC(c2ccccn2)C(c2ccc(Sc3ccc(Cl)cc3)o2)N1Cc1ccccc1. The molecule has 5 rings (SSSR count). The third-order valence-electron chi connectivity index (χ3n) is 5.32. The highest BCUT2D eigenvalue weighted by molar-refractivity contribution is 7.99. The molecule has 2 unspecified atom stereocenters. The molecule has 2 aromatic heterocycles. The largest absolute Gasteiger partial charge is 0.452 e. The third kappa shape index (κ3) is 4.53. The van der Waals surface area contributed by atoms with E-state index < -0.39 is 0 Å². The molecule has 4 aromatic rings. The summed E-state index contributed by atoms with van der Waals surface area (Å²) in [7, 11) is 0. The minimum atomic E-state index is -0.114. The van der Waals surface area contributed by atoms with E-state index in [0.29, 0.717) is 11.7 Å². The molecule has 2 aromatic carbocycles. The normalized spacial score (nSPS) is 18.0. The number of aromatic nitrogens is 1. The Morgan fingerprint density at radius 3 is 2.50 bits per heavy atom. The summed E-state index contributed by atoms with van der Waals surface area (Å²) in [6.07, 6.45) is 1.81. The Morgan fingerprint density at radius 1 is 0.969 bits per heavy atom. The first kappa shape index (κ1) is 21.1. The molecule has 1 fully saturated rings. The van der Waals surface area contributed by atoms with Crippen molar-refractivity contribution in [2.75, 3.05) is 0 Å². The molecule has 160 valence electrons. The summed E-state index contributed by atoms with van der Waals surface area (Å²) >= 11 is 13.3. The summed E-state index contributed by atoms with van der Waals surface area (Å²) < 4.78 is 6.33. The molecule has 0 bridgehead atoms. The van der Waals surface area contributed by atoms with Crippen LogP contribution in [0.25, 0.3) is 0 Å². The lowest BCUT2D eigenvalue weighted by Crippen LogP contribution is -2.28. The Kier molecular flexibility index (Phi) is 6.17. The van der Waals surface area contributed by atoms with Crippen LogP contribution in [0.1, 0.15) is 29.1 Å². The van der Waals surface area contributed by atoms with Crippen molar-refractivity contribution in [1.29, 1.82) is 0 Å². The van der Waals surface area contributed by atoms with Crippen LogP contribution in [0.2, 0.25) is 5.02 Å². The standard InChI is InChI=1S/C25H20ClN3OS2/c26-18-9-11-19(12-10-18)32-22-14-13-21(30-22)24-23(20-8-4-5-15-27-20)28-25(31)29(24)16-17-6-2-1-3-7-17/h1-15,23-24H,16H2,(H,28,31). The molecule has 0 aliphatic carbocycles. The summed E-state index contributed by atoms with van der Waals surface area (Å²) in [4.78, 5) is 7.83. The van der Waals surface area contributed by atoms with Gasteiger partial charge in [0.25, 0.3) is 0 Å². The van der Waals surface area contributed by atoms with E-state index in [1.54, 1.807) is 18.0 Å². The molecular formula is C25H20ClN3OS2. The predicted molar refractivity (Wildman–Crippen MR) is 132 cm³/mol. The Bertz CT molecular complexity index is 1200. The Morgan fingerprint density at radius 2 is 1.75 bits per heavy atom. The van der Waals surface area contributed by atoms with Crippen LogP contribution in [0.15, 0.2) is 106 Å². The van der Waals surface area contributed by atoms with E-state index in [1.165, 1.54) is 5.56 Å². The lowest BCUT2D eigenvalue weighted by molar-refractivity contribution is 0.254. The van der Waals surface area contributed by atoms with E-state index in [-0.39, 0.29) is 12.1 Å². The Hall–Kier alpha value is -2.80. The van der Waals surface area contributed by atoms with Gasteiger partial charge < -0.3 is 14.6 Å². The maximum atomic E-state index is 6.33. The number of hydrogen-bond donors (Lipinski definition) is 1. The maximum absolute atomic E-state index is 6.33. The molecule has 1 saturated heterocycles. The number of benzene rings is 2. The summed E-state index contributed by atoms with van der Waals surface area (Å²) in [6, 6.07) is 27.8. The average Bonchev–Trinajstić information content (AvgIpc) is 3.41. The van der Waals surface area contributed by atoms with E-state index in [4.69, 9.17) is 28.2 Å². The fourth-order valence-corrected chi connectivity index (χ4v) is 5.04. The predicted octanol–water partition coefficient (Wildman–Crippen LogP) is 6.65. The zero-order chi connectivity index (χ0) is 21.9. The highest BCUT2D eigenvalue weighted by Crippen LogP contribution is 2.41. The van der Waals surface area contributed by atoms with Gasteiger partial charge in [0.2, 0.25) is 0 Å². The molecule has 3 heterocycles. The van der Waals surface area contributed by atoms with Crippen LogP contribution in [-0.4, -0.2) is 15.0 Å². The lowest BCUT2D eigenvalue weighted by atomic mass is 10.0. The van der Waals surface area contributed by atoms with Gasteiger partial charge in [-0.1, -0.05) is 59.8 Å². The monoisotopic (exact) mass is 477 g/mol. The summed E-state index contributed by atoms with van der Waals surface area (Å²) in [5.74, 6) is 0.848. The molecule has 0 radical (unpaired) electrons. The van der Waals surface area contributed by atoms with Gasteiger partial charge >= 0.3 is 0 Å². The van der Waals surface area contributed by atoms with E-state index in [0.717, 1.165) is 26.5 Å². The average molecular weight is 478 g/mol. The zero-order valence-electron chi connectivity index (χ0n) is 17.0. The summed E-state index contributed by atoms with van der Waals surface area (Å²) in [5, 5.41) is 5.70. The number of hydrogen-bond acceptors (Lipinski definition) is 4. The minimum Gasteiger partial charge on any atom is -0.452 e. The van der Waals surface area contributed by atoms with Gasteiger partial charge in [-0.25, -0.2) is 0 Å². The molecule has 0 amide bonds. The van der Waals surface area contributed by atoms with Crippen molar-refractivity contribution in [2.24, 2.45) is 0 Å². The van der Waals surface area contributed by atoms with Gasteiger partial charge in [-0.3, -0.25) is 4.98 Å². The van der Waals surface area contributed by atoms with Gasteiger partial charge in [-0.2, -0.15) is 0 Å². The van der Waals surface area contributed by atoms with Crippen molar-refractivity contribution < 1.29 is 4.42 Å². The molecule has 4 nitrogen and oxygen atoms in total. The number of furan rings is 1. The van der Waals surface area contributed by atoms with Crippen molar-refractivity contribution in [3.63, 3.8) is 0 Å². The van der Waals surface area contributed by atoms with Crippen LogP contribution < -0.4 is 5.32 Å². The van der Waals surface area contributed by atoms with Gasteiger partial charge in [0.15, 0.2) is 10.2 Å². The summed E-state index contributed by atoms with van der Waals surface area (Å²) in [5.41, 5.74) is 2.12. The second-order valence-electron chi connectivity index (χ2n) is 7.45. The van der Waals surface area contributed by atoms with Gasteiger partial charge in [0.1, 0.15) is 11.8 Å². The first-order valence-electron chi connectivity index (χ1n) is 10.2. The van der Waals surface area contributed by atoms with Crippen LogP contribution in [0.3, 0.4) is 0 Å². The number of thiocarbonyl (C=S) groups is 1. The number of halogens is 1. The van der Waals surface area contributed by atoms with E-state index in [1.807, 2.05) is 72.8 Å².